The highest BCUT2D eigenvalue weighted by Gasteiger charge is 2.13. The van der Waals surface area contributed by atoms with Crippen molar-refractivity contribution in [3.8, 4) is 0 Å². The van der Waals surface area contributed by atoms with E-state index in [1.165, 1.54) is 29.8 Å². The molecule has 0 aliphatic heterocycles. The minimum absolute atomic E-state index is 0.175. The molecule has 0 saturated heterocycles. The zero-order chi connectivity index (χ0) is 15.8. The van der Waals surface area contributed by atoms with E-state index in [4.69, 9.17) is 9.15 Å². The van der Waals surface area contributed by atoms with Gasteiger partial charge in [-0.15, -0.1) is 0 Å². The number of ether oxygens (including phenoxy) is 1. The molecule has 10 nitrogen and oxygen atoms in total. The Morgan fingerprint density at radius 1 is 1.38 bits per heavy atom. The van der Waals surface area contributed by atoms with E-state index in [2.05, 4.69) is 15.4 Å². The molecule has 3 radical (unpaired) electrons. The van der Waals surface area contributed by atoms with Crippen molar-refractivity contribution in [3.63, 3.8) is 0 Å². The first kappa shape index (κ1) is 17.5. The predicted molar refractivity (Wildman–Crippen MR) is 78.6 cm³/mol. The SMILES string of the molecule is CN[B]n1c(=N[B]NCOC)oc(=O)n([B]N(C)C)c1=O. The van der Waals surface area contributed by atoms with Crippen LogP contribution in [0.2, 0.25) is 0 Å². The zero-order valence-electron chi connectivity index (χ0n) is 12.4. The monoisotopic (exact) mass is 293 g/mol. The number of nitrogens with zero attached hydrogens (tertiary/aromatic N) is 4. The summed E-state index contributed by atoms with van der Waals surface area (Å²) in [5.41, 5.74) is -0.792. The smallest absolute Gasteiger partial charge is 0.378 e. The van der Waals surface area contributed by atoms with Crippen LogP contribution in [0.25, 0.3) is 0 Å². The van der Waals surface area contributed by atoms with E-state index in [0.717, 1.165) is 8.96 Å². The van der Waals surface area contributed by atoms with Crippen molar-refractivity contribution in [1.29, 1.82) is 0 Å². The van der Waals surface area contributed by atoms with E-state index in [-0.39, 0.29) is 12.4 Å². The Bertz CT molecular complexity index is 624. The Labute approximate surface area is 123 Å². The van der Waals surface area contributed by atoms with Crippen LogP contribution in [0.3, 0.4) is 0 Å². The third-order valence-corrected chi connectivity index (χ3v) is 2.09. The molecule has 1 aromatic rings. The van der Waals surface area contributed by atoms with Crippen molar-refractivity contribution in [2.75, 3.05) is 35.0 Å². The van der Waals surface area contributed by atoms with E-state index in [9.17, 15) is 9.59 Å². The van der Waals surface area contributed by atoms with Crippen molar-refractivity contribution in [3.05, 3.63) is 26.7 Å². The molecule has 0 bridgehead atoms. The van der Waals surface area contributed by atoms with Gasteiger partial charge in [0.15, 0.2) is 0 Å². The second-order valence-corrected chi connectivity index (χ2v) is 4.07. The van der Waals surface area contributed by atoms with Crippen LogP contribution in [-0.2, 0) is 4.74 Å². The maximum Gasteiger partial charge on any atom is 0.414 e. The summed E-state index contributed by atoms with van der Waals surface area (Å²) in [6, 6.07) is 0. The van der Waals surface area contributed by atoms with Crippen molar-refractivity contribution < 1.29 is 9.15 Å². The average Bonchev–Trinajstić information content (AvgIpc) is 2.43. The molecule has 111 valence electrons. The first-order valence-corrected chi connectivity index (χ1v) is 5.99. The van der Waals surface area contributed by atoms with Gasteiger partial charge in [0.25, 0.3) is 5.68 Å². The van der Waals surface area contributed by atoms with E-state index in [1.807, 2.05) is 0 Å². The Hall–Kier alpha value is -1.56. The quantitative estimate of drug-likeness (QED) is 0.284. The third kappa shape index (κ3) is 5.04. The molecule has 1 aromatic heterocycles. The lowest BCUT2D eigenvalue weighted by Crippen LogP contribution is -2.54. The van der Waals surface area contributed by atoms with Crippen LogP contribution in [0, 0.1) is 0 Å². The number of aromatic nitrogens is 2. The molecule has 21 heavy (non-hydrogen) atoms. The third-order valence-electron chi connectivity index (χ3n) is 2.09. The molecule has 0 amide bonds. The maximum atomic E-state index is 12.2. The molecule has 0 aromatic carbocycles. The van der Waals surface area contributed by atoms with E-state index in [1.54, 1.807) is 26.0 Å². The van der Waals surface area contributed by atoms with Crippen LogP contribution in [0.15, 0.2) is 18.9 Å². The summed E-state index contributed by atoms with van der Waals surface area (Å²) in [5.74, 6) is -0.839. The van der Waals surface area contributed by atoms with E-state index in [0.29, 0.717) is 0 Å². The Balaban J connectivity index is 3.25. The van der Waals surface area contributed by atoms with Crippen LogP contribution < -0.4 is 27.6 Å². The summed E-state index contributed by atoms with van der Waals surface area (Å²) in [4.78, 5) is 29.5. The molecule has 2 N–H and O–H groups in total. The largest absolute Gasteiger partial charge is 0.414 e. The van der Waals surface area contributed by atoms with Gasteiger partial charge in [0.1, 0.15) is 0 Å². The highest BCUT2D eigenvalue weighted by Crippen LogP contribution is 1.71. The van der Waals surface area contributed by atoms with Gasteiger partial charge in [-0.1, -0.05) is 0 Å². The molecule has 0 spiro atoms. The highest BCUT2D eigenvalue weighted by atomic mass is 16.5. The number of nitrogens with one attached hydrogen (secondary N) is 2. The molecule has 0 aliphatic carbocycles. The second kappa shape index (κ2) is 8.67. The lowest BCUT2D eigenvalue weighted by atomic mass is 10.1. The van der Waals surface area contributed by atoms with Gasteiger partial charge >= 0.3 is 34.1 Å². The topological polar surface area (TPSA) is 106 Å². The van der Waals surface area contributed by atoms with Gasteiger partial charge < -0.3 is 24.4 Å². The maximum absolute atomic E-state index is 12.2. The molecule has 0 aliphatic rings. The zero-order valence-corrected chi connectivity index (χ0v) is 12.4. The van der Waals surface area contributed by atoms with Crippen LogP contribution in [0.1, 0.15) is 0 Å². The van der Waals surface area contributed by atoms with E-state index < -0.39 is 11.4 Å². The summed E-state index contributed by atoms with van der Waals surface area (Å²) in [6.45, 7) is 0.231. The van der Waals surface area contributed by atoms with Crippen LogP contribution >= 0.6 is 0 Å². The predicted octanol–water partition coefficient (Wildman–Crippen LogP) is -4.22. The van der Waals surface area contributed by atoms with Crippen molar-refractivity contribution >= 4 is 22.6 Å². The standard InChI is InChI=1S/C8H16B3N6O4/c1-12-10-16-6(14-9-13-5-20-4)21-8(19)17(7(16)18)11-15(2)3/h12-13H,5H2,1-4H3. The van der Waals surface area contributed by atoms with Gasteiger partial charge in [-0.25, -0.2) is 9.59 Å². The van der Waals surface area contributed by atoms with Gasteiger partial charge in [-0.3, -0.25) is 13.9 Å². The fourth-order valence-corrected chi connectivity index (χ4v) is 1.33. The fraction of sp³-hybridized carbons (Fsp3) is 0.625. The summed E-state index contributed by atoms with van der Waals surface area (Å²) in [5, 5.41) is 5.37. The summed E-state index contributed by atoms with van der Waals surface area (Å²) < 4.78 is 11.7. The minimum Gasteiger partial charge on any atom is -0.378 e. The van der Waals surface area contributed by atoms with Gasteiger partial charge in [-0.2, -0.15) is 0 Å². The summed E-state index contributed by atoms with van der Waals surface area (Å²) >= 11 is 0. The Morgan fingerprint density at radius 2 is 2.10 bits per heavy atom. The second-order valence-electron chi connectivity index (χ2n) is 4.07. The first-order valence-electron chi connectivity index (χ1n) is 5.99. The van der Waals surface area contributed by atoms with Crippen LogP contribution in [-0.4, -0.2) is 71.4 Å². The summed E-state index contributed by atoms with van der Waals surface area (Å²) in [6.07, 6.45) is 0. The van der Waals surface area contributed by atoms with Crippen molar-refractivity contribution in [2.24, 2.45) is 4.90 Å². The Morgan fingerprint density at radius 3 is 2.67 bits per heavy atom. The minimum atomic E-state index is -0.839. The number of methoxy groups -OCH3 is 1. The van der Waals surface area contributed by atoms with E-state index >= 15 is 0 Å². The fourth-order valence-electron chi connectivity index (χ4n) is 1.33. The average molecular weight is 293 g/mol. The van der Waals surface area contributed by atoms with Crippen molar-refractivity contribution in [2.45, 2.75) is 0 Å². The normalized spacial score (nSPS) is 11.8. The first-order chi connectivity index (χ1) is 10.0. The number of hydrogen-bond donors (Lipinski definition) is 2. The van der Waals surface area contributed by atoms with Crippen LogP contribution in [0.5, 0.6) is 0 Å². The molecule has 13 heteroatoms. The molecule has 0 atom stereocenters. The molecular formula is C8H16B3N6O4. The molecule has 1 heterocycles. The molecule has 0 saturated carbocycles. The van der Waals surface area contributed by atoms with Gasteiger partial charge in [0, 0.05) is 7.11 Å². The van der Waals surface area contributed by atoms with Crippen LogP contribution in [0.4, 0.5) is 0 Å². The lowest BCUT2D eigenvalue weighted by molar-refractivity contribution is 0.194. The molecular weight excluding hydrogens is 277 g/mol. The number of rotatable bonds is 8. The van der Waals surface area contributed by atoms with Crippen molar-refractivity contribution in [1.82, 2.24) is 24.2 Å². The highest BCUT2D eigenvalue weighted by molar-refractivity contribution is 6.32. The number of hydrogen-bond acceptors (Lipinski definition) is 8. The van der Waals surface area contributed by atoms with Gasteiger partial charge in [0.2, 0.25) is 0 Å². The lowest BCUT2D eigenvalue weighted by Gasteiger charge is -2.10. The molecule has 0 unspecified atom stereocenters. The molecule has 0 fully saturated rings. The Kier molecular flexibility index (Phi) is 7.22. The summed E-state index contributed by atoms with van der Waals surface area (Å²) in [7, 11) is 10.4. The molecule has 1 rings (SSSR count). The van der Waals surface area contributed by atoms with Gasteiger partial charge in [-0.05, 0) is 21.1 Å². The van der Waals surface area contributed by atoms with Gasteiger partial charge in [0.05, 0.1) is 6.73 Å².